The lowest BCUT2D eigenvalue weighted by Gasteiger charge is -2.18. The lowest BCUT2D eigenvalue weighted by atomic mass is 10.2. The molecular formula is C14H12N2O6S. The summed E-state index contributed by atoms with van der Waals surface area (Å²) in [6.45, 7) is 1.40. The summed E-state index contributed by atoms with van der Waals surface area (Å²) in [6, 6.07) is 4.52. The van der Waals surface area contributed by atoms with Crippen molar-refractivity contribution in [3.8, 4) is 0 Å². The van der Waals surface area contributed by atoms with E-state index in [1.807, 2.05) is 0 Å². The topological polar surface area (TPSA) is 107 Å². The second-order valence-electron chi connectivity index (χ2n) is 4.60. The number of hydrogen-bond acceptors (Lipinski definition) is 7. The first-order chi connectivity index (χ1) is 10.8. The van der Waals surface area contributed by atoms with E-state index in [4.69, 9.17) is 0 Å². The van der Waals surface area contributed by atoms with E-state index in [0.29, 0.717) is 17.3 Å². The van der Waals surface area contributed by atoms with E-state index < -0.39 is 28.1 Å². The van der Waals surface area contributed by atoms with Crippen molar-refractivity contribution in [3.63, 3.8) is 0 Å². The summed E-state index contributed by atoms with van der Waals surface area (Å²) < 4.78 is 4.53. The van der Waals surface area contributed by atoms with Gasteiger partial charge in [0.1, 0.15) is 6.04 Å². The molecule has 0 spiro atoms. The van der Waals surface area contributed by atoms with Gasteiger partial charge in [0.2, 0.25) is 0 Å². The van der Waals surface area contributed by atoms with Crippen molar-refractivity contribution in [3.05, 3.63) is 44.8 Å². The smallest absolute Gasteiger partial charge is 0.328 e. The van der Waals surface area contributed by atoms with Gasteiger partial charge < -0.3 is 4.74 Å². The van der Waals surface area contributed by atoms with Gasteiger partial charge in [0, 0.05) is 12.1 Å². The molecular weight excluding hydrogens is 324 g/mol. The third-order valence-electron chi connectivity index (χ3n) is 3.15. The molecule has 1 aliphatic rings. The van der Waals surface area contributed by atoms with Gasteiger partial charge in [-0.1, -0.05) is 0 Å². The molecule has 1 aromatic carbocycles. The van der Waals surface area contributed by atoms with Crippen LogP contribution in [0.2, 0.25) is 0 Å². The van der Waals surface area contributed by atoms with Gasteiger partial charge in [-0.2, -0.15) is 0 Å². The molecule has 120 valence electrons. The molecule has 0 bridgehead atoms. The summed E-state index contributed by atoms with van der Waals surface area (Å²) in [4.78, 5) is 46.7. The molecule has 9 heteroatoms. The number of amides is 2. The number of carbonyl (C=O) groups is 3. The van der Waals surface area contributed by atoms with E-state index in [2.05, 4.69) is 4.74 Å². The third-order valence-corrected chi connectivity index (χ3v) is 4.04. The van der Waals surface area contributed by atoms with Crippen LogP contribution in [0.15, 0.2) is 29.2 Å². The Morgan fingerprint density at radius 1 is 1.35 bits per heavy atom. The number of benzene rings is 1. The fourth-order valence-corrected chi connectivity index (χ4v) is 2.84. The van der Waals surface area contributed by atoms with E-state index in [-0.39, 0.29) is 10.6 Å². The highest BCUT2D eigenvalue weighted by molar-refractivity contribution is 8.18. The first-order valence-electron chi connectivity index (χ1n) is 6.44. The Morgan fingerprint density at radius 3 is 2.48 bits per heavy atom. The monoisotopic (exact) mass is 336 g/mol. The van der Waals surface area contributed by atoms with Crippen LogP contribution in [0.5, 0.6) is 0 Å². The molecule has 0 radical (unpaired) electrons. The minimum absolute atomic E-state index is 0.0745. The number of hydrogen-bond donors (Lipinski definition) is 0. The number of thioether (sulfide) groups is 1. The minimum Gasteiger partial charge on any atom is -0.467 e. The molecule has 0 N–H and O–H groups in total. The number of ether oxygens (including phenoxy) is 1. The largest absolute Gasteiger partial charge is 0.467 e. The molecule has 0 aliphatic carbocycles. The van der Waals surface area contributed by atoms with Crippen molar-refractivity contribution in [2.45, 2.75) is 13.0 Å². The van der Waals surface area contributed by atoms with Crippen LogP contribution in [0.3, 0.4) is 0 Å². The van der Waals surface area contributed by atoms with Crippen molar-refractivity contribution in [1.29, 1.82) is 0 Å². The minimum atomic E-state index is -1.02. The average Bonchev–Trinajstić information content (AvgIpc) is 2.80. The van der Waals surface area contributed by atoms with Gasteiger partial charge in [0.15, 0.2) is 0 Å². The van der Waals surface area contributed by atoms with E-state index in [0.717, 1.165) is 4.90 Å². The molecule has 1 aromatic rings. The number of nitro groups is 1. The average molecular weight is 336 g/mol. The zero-order valence-corrected chi connectivity index (χ0v) is 13.0. The number of carbonyl (C=O) groups excluding carboxylic acids is 3. The van der Waals surface area contributed by atoms with Crippen molar-refractivity contribution in [2.75, 3.05) is 7.11 Å². The predicted molar refractivity (Wildman–Crippen MR) is 82.4 cm³/mol. The highest BCUT2D eigenvalue weighted by atomic mass is 32.2. The zero-order chi connectivity index (χ0) is 17.1. The number of nitro benzene ring substituents is 1. The van der Waals surface area contributed by atoms with Crippen molar-refractivity contribution >= 4 is 40.6 Å². The van der Waals surface area contributed by atoms with Gasteiger partial charge in [0.25, 0.3) is 16.8 Å². The lowest BCUT2D eigenvalue weighted by molar-refractivity contribution is -0.384. The predicted octanol–water partition coefficient (Wildman–Crippen LogP) is 2.19. The second-order valence-corrected chi connectivity index (χ2v) is 5.59. The summed E-state index contributed by atoms with van der Waals surface area (Å²) in [5.74, 6) is -1.29. The lowest BCUT2D eigenvalue weighted by Crippen LogP contribution is -2.42. The van der Waals surface area contributed by atoms with Gasteiger partial charge in [0.05, 0.1) is 16.9 Å². The maximum atomic E-state index is 12.3. The number of nitrogens with zero attached hydrogens (tertiary/aromatic N) is 2. The van der Waals surface area contributed by atoms with Crippen molar-refractivity contribution in [2.24, 2.45) is 0 Å². The summed E-state index contributed by atoms with van der Waals surface area (Å²) in [5.41, 5.74) is 0.460. The second kappa shape index (κ2) is 6.61. The number of esters is 1. The van der Waals surface area contributed by atoms with Crippen LogP contribution in [0, 0.1) is 10.1 Å². The number of imide groups is 1. The standard InChI is InChI=1S/C14H12N2O6S/c1-8(13(18)22-2)15-12(17)11(23-14(15)19)7-9-3-5-10(6-4-9)16(20)21/h3-8H,1-2H3/b11-7-/t8-/m0/s1. The highest BCUT2D eigenvalue weighted by Gasteiger charge is 2.41. The van der Waals surface area contributed by atoms with Crippen LogP contribution in [-0.2, 0) is 14.3 Å². The van der Waals surface area contributed by atoms with Crippen molar-refractivity contribution < 1.29 is 24.0 Å². The van der Waals surface area contributed by atoms with Crippen LogP contribution < -0.4 is 0 Å². The molecule has 0 saturated carbocycles. The zero-order valence-electron chi connectivity index (χ0n) is 12.2. The van der Waals surface area contributed by atoms with Gasteiger partial charge in [-0.05, 0) is 42.5 Å². The maximum Gasteiger partial charge on any atom is 0.328 e. The number of non-ortho nitro benzene ring substituents is 1. The third kappa shape index (κ3) is 3.39. The molecule has 0 aromatic heterocycles. The molecule has 0 unspecified atom stereocenters. The van der Waals surface area contributed by atoms with Gasteiger partial charge in [-0.25, -0.2) is 4.79 Å². The van der Waals surface area contributed by atoms with Crippen LogP contribution in [0.1, 0.15) is 12.5 Å². The molecule has 8 nitrogen and oxygen atoms in total. The Labute approximate surface area is 135 Å². The molecule has 2 rings (SSSR count). The summed E-state index contributed by atoms with van der Waals surface area (Å²) in [5, 5.41) is 10.0. The van der Waals surface area contributed by atoms with Gasteiger partial charge in [-0.3, -0.25) is 24.6 Å². The highest BCUT2D eigenvalue weighted by Crippen LogP contribution is 2.33. The Morgan fingerprint density at radius 2 is 1.96 bits per heavy atom. The Kier molecular flexibility index (Phi) is 4.80. The van der Waals surface area contributed by atoms with E-state index in [1.165, 1.54) is 44.4 Å². The molecule has 2 amide bonds. The van der Waals surface area contributed by atoms with Crippen LogP contribution in [-0.4, -0.2) is 40.1 Å². The summed E-state index contributed by atoms with van der Waals surface area (Å²) >= 11 is 0.700. The van der Waals surface area contributed by atoms with Gasteiger partial charge >= 0.3 is 5.97 Å². The molecule has 1 saturated heterocycles. The number of methoxy groups -OCH3 is 1. The normalized spacial score (nSPS) is 17.5. The first kappa shape index (κ1) is 16.7. The SMILES string of the molecule is COC(=O)[C@H](C)N1C(=O)S/C(=C\c2ccc([N+](=O)[O-])cc2)C1=O. The summed E-state index contributed by atoms with van der Waals surface area (Å²) in [6.07, 6.45) is 1.44. The Hall–Kier alpha value is -2.68. The molecule has 1 fully saturated rings. The molecule has 1 atom stereocenters. The number of rotatable bonds is 4. The van der Waals surface area contributed by atoms with Crippen LogP contribution in [0.4, 0.5) is 10.5 Å². The summed E-state index contributed by atoms with van der Waals surface area (Å²) in [7, 11) is 1.17. The molecule has 1 heterocycles. The maximum absolute atomic E-state index is 12.3. The van der Waals surface area contributed by atoms with E-state index in [1.54, 1.807) is 0 Å². The quantitative estimate of drug-likeness (QED) is 0.359. The Balaban J connectivity index is 2.24. The van der Waals surface area contributed by atoms with Crippen molar-refractivity contribution in [1.82, 2.24) is 4.90 Å². The Bertz CT molecular complexity index is 712. The molecule has 23 heavy (non-hydrogen) atoms. The van der Waals surface area contributed by atoms with E-state index in [9.17, 15) is 24.5 Å². The molecule has 1 aliphatic heterocycles. The van der Waals surface area contributed by atoms with Crippen LogP contribution >= 0.6 is 11.8 Å². The van der Waals surface area contributed by atoms with E-state index >= 15 is 0 Å². The first-order valence-corrected chi connectivity index (χ1v) is 7.26. The van der Waals surface area contributed by atoms with Gasteiger partial charge in [-0.15, -0.1) is 0 Å². The fraction of sp³-hybridized carbons (Fsp3) is 0.214. The van der Waals surface area contributed by atoms with Crippen LogP contribution in [0.25, 0.3) is 6.08 Å². The fourth-order valence-electron chi connectivity index (χ4n) is 1.93.